The molecule has 6 nitrogen and oxygen atoms in total. The molecule has 1 aromatic rings. The molecule has 2 aliphatic rings. The smallest absolute Gasteiger partial charge is 0.416 e. The van der Waals surface area contributed by atoms with Gasteiger partial charge < -0.3 is 19.3 Å². The predicted octanol–water partition coefficient (Wildman–Crippen LogP) is 2.46. The highest BCUT2D eigenvalue weighted by Crippen LogP contribution is 2.39. The molecule has 2 aliphatic heterocycles. The zero-order valence-corrected chi connectivity index (χ0v) is 14.9. The molecule has 0 spiro atoms. The Morgan fingerprint density at radius 1 is 1.26 bits per heavy atom. The number of anilines is 2. The van der Waals surface area contributed by atoms with E-state index in [0.29, 0.717) is 32.0 Å². The molecule has 0 aromatic heterocycles. The number of carbonyl (C=O) groups excluding carboxylic acids is 2. The van der Waals surface area contributed by atoms with Gasteiger partial charge in [-0.15, -0.1) is 0 Å². The molecule has 0 radical (unpaired) electrons. The van der Waals surface area contributed by atoms with Gasteiger partial charge in [0, 0.05) is 26.1 Å². The number of nitrogens with zero attached hydrogens (tertiary/aromatic N) is 2. The topological polar surface area (TPSA) is 59.1 Å². The Hall–Kier alpha value is -2.29. The average molecular weight is 386 g/mol. The minimum atomic E-state index is -4.53. The number of hydrogen-bond donors (Lipinski definition) is 0. The van der Waals surface area contributed by atoms with Crippen LogP contribution in [0.1, 0.15) is 18.9 Å². The summed E-state index contributed by atoms with van der Waals surface area (Å²) in [5, 5.41) is 0. The van der Waals surface area contributed by atoms with Crippen LogP contribution in [-0.2, 0) is 25.2 Å². The van der Waals surface area contributed by atoms with Crippen LogP contribution >= 0.6 is 0 Å². The van der Waals surface area contributed by atoms with E-state index in [9.17, 15) is 22.8 Å². The summed E-state index contributed by atoms with van der Waals surface area (Å²) in [5.74, 6) is -1.57. The molecule has 2 fully saturated rings. The van der Waals surface area contributed by atoms with Crippen LogP contribution in [0.2, 0.25) is 0 Å². The number of alkyl halides is 3. The number of morpholine rings is 1. The first-order valence-corrected chi connectivity index (χ1v) is 8.82. The van der Waals surface area contributed by atoms with Gasteiger partial charge in [0.1, 0.15) is 0 Å². The number of rotatable bonds is 4. The van der Waals surface area contributed by atoms with E-state index < -0.39 is 23.6 Å². The van der Waals surface area contributed by atoms with Crippen LogP contribution < -0.4 is 9.80 Å². The normalized spacial score (nSPS) is 20.9. The van der Waals surface area contributed by atoms with Crippen molar-refractivity contribution in [2.45, 2.75) is 19.5 Å². The summed E-state index contributed by atoms with van der Waals surface area (Å²) in [6, 6.07) is 3.38. The molecule has 1 atom stereocenters. The first-order chi connectivity index (χ1) is 12.8. The molecule has 27 heavy (non-hydrogen) atoms. The zero-order chi connectivity index (χ0) is 19.6. The van der Waals surface area contributed by atoms with Crippen molar-refractivity contribution in [1.29, 1.82) is 0 Å². The summed E-state index contributed by atoms with van der Waals surface area (Å²) < 4.78 is 49.9. The molecule has 9 heteroatoms. The lowest BCUT2D eigenvalue weighted by molar-refractivity contribution is -0.147. The highest BCUT2D eigenvalue weighted by atomic mass is 19.4. The van der Waals surface area contributed by atoms with Gasteiger partial charge >= 0.3 is 12.1 Å². The first-order valence-electron chi connectivity index (χ1n) is 8.82. The largest absolute Gasteiger partial charge is 0.466 e. The van der Waals surface area contributed by atoms with E-state index in [1.807, 2.05) is 4.90 Å². The fourth-order valence-corrected chi connectivity index (χ4v) is 3.35. The number of esters is 1. The molecule has 0 bridgehead atoms. The van der Waals surface area contributed by atoms with E-state index in [0.717, 1.165) is 12.1 Å². The third kappa shape index (κ3) is 4.18. The van der Waals surface area contributed by atoms with Crippen molar-refractivity contribution >= 4 is 23.3 Å². The van der Waals surface area contributed by atoms with Crippen LogP contribution in [0.5, 0.6) is 0 Å². The molecule has 2 heterocycles. The van der Waals surface area contributed by atoms with Crippen LogP contribution in [0.15, 0.2) is 18.2 Å². The maximum atomic E-state index is 13.2. The van der Waals surface area contributed by atoms with E-state index in [1.54, 1.807) is 6.92 Å². The molecule has 0 aliphatic carbocycles. The Balaban J connectivity index is 1.95. The lowest BCUT2D eigenvalue weighted by atomic mass is 10.1. The Morgan fingerprint density at radius 2 is 1.96 bits per heavy atom. The standard InChI is InChI=1S/C18H21F3N2O4/c1-2-27-17(25)12-9-16(24)23(11-12)15-10-13(18(19,20)21)3-4-14(15)22-5-7-26-8-6-22/h3-4,10,12H,2,5-9,11H2,1H3/t12-/m0/s1. The second-order valence-electron chi connectivity index (χ2n) is 6.46. The molecule has 3 rings (SSSR count). The second-order valence-corrected chi connectivity index (χ2v) is 6.46. The number of halogens is 3. The summed E-state index contributed by atoms with van der Waals surface area (Å²) in [6.45, 7) is 3.81. The average Bonchev–Trinajstić information content (AvgIpc) is 3.03. The minimum Gasteiger partial charge on any atom is -0.466 e. The Morgan fingerprint density at radius 3 is 2.59 bits per heavy atom. The van der Waals surface area contributed by atoms with E-state index in [1.165, 1.54) is 11.0 Å². The zero-order valence-electron chi connectivity index (χ0n) is 14.9. The van der Waals surface area contributed by atoms with Crippen molar-refractivity contribution in [3.05, 3.63) is 23.8 Å². The lowest BCUT2D eigenvalue weighted by Gasteiger charge is -2.33. The SMILES string of the molecule is CCOC(=O)[C@H]1CC(=O)N(c2cc(C(F)(F)F)ccc2N2CCOCC2)C1. The van der Waals surface area contributed by atoms with Crippen LogP contribution in [0.3, 0.4) is 0 Å². The van der Waals surface area contributed by atoms with Crippen molar-refractivity contribution in [3.63, 3.8) is 0 Å². The van der Waals surface area contributed by atoms with Gasteiger partial charge in [0.15, 0.2) is 0 Å². The Kier molecular flexibility index (Phi) is 5.59. The summed E-state index contributed by atoms with van der Waals surface area (Å²) in [4.78, 5) is 27.6. The summed E-state index contributed by atoms with van der Waals surface area (Å²) in [5.41, 5.74) is -0.130. The van der Waals surface area contributed by atoms with Gasteiger partial charge in [-0.1, -0.05) is 0 Å². The van der Waals surface area contributed by atoms with Gasteiger partial charge in [-0.05, 0) is 25.1 Å². The number of ether oxygens (including phenoxy) is 2. The Bertz CT molecular complexity index is 717. The minimum absolute atomic E-state index is 0.0102. The maximum absolute atomic E-state index is 13.2. The molecular formula is C18H21F3N2O4. The van der Waals surface area contributed by atoms with E-state index >= 15 is 0 Å². The number of hydrogen-bond acceptors (Lipinski definition) is 5. The maximum Gasteiger partial charge on any atom is 0.416 e. The fraction of sp³-hybridized carbons (Fsp3) is 0.556. The predicted molar refractivity (Wildman–Crippen MR) is 91.6 cm³/mol. The molecule has 148 valence electrons. The molecule has 1 amide bonds. The Labute approximate surface area is 154 Å². The van der Waals surface area contributed by atoms with Crippen molar-refractivity contribution < 1.29 is 32.2 Å². The van der Waals surface area contributed by atoms with Crippen LogP contribution in [-0.4, -0.2) is 51.3 Å². The highest BCUT2D eigenvalue weighted by molar-refractivity contribution is 6.02. The highest BCUT2D eigenvalue weighted by Gasteiger charge is 2.39. The number of benzene rings is 1. The monoisotopic (exact) mass is 386 g/mol. The number of carbonyl (C=O) groups is 2. The van der Waals surface area contributed by atoms with Gasteiger partial charge in [0.25, 0.3) is 0 Å². The van der Waals surface area contributed by atoms with E-state index in [4.69, 9.17) is 9.47 Å². The van der Waals surface area contributed by atoms with Gasteiger partial charge in [-0.3, -0.25) is 9.59 Å². The summed E-state index contributed by atoms with van der Waals surface area (Å²) in [7, 11) is 0. The van der Waals surface area contributed by atoms with Crippen LogP contribution in [0.4, 0.5) is 24.5 Å². The van der Waals surface area contributed by atoms with Gasteiger partial charge in [-0.2, -0.15) is 13.2 Å². The van der Waals surface area contributed by atoms with E-state index in [-0.39, 0.29) is 31.2 Å². The van der Waals surface area contributed by atoms with Gasteiger partial charge in [0.05, 0.1) is 42.7 Å². The summed E-state index contributed by atoms with van der Waals surface area (Å²) >= 11 is 0. The van der Waals surface area contributed by atoms with Crippen LogP contribution in [0, 0.1) is 5.92 Å². The quantitative estimate of drug-likeness (QED) is 0.744. The lowest BCUT2D eigenvalue weighted by Crippen LogP contribution is -2.38. The molecule has 0 N–H and O–H groups in total. The molecule has 2 saturated heterocycles. The molecule has 1 aromatic carbocycles. The fourth-order valence-electron chi connectivity index (χ4n) is 3.35. The number of amides is 1. The van der Waals surface area contributed by atoms with Gasteiger partial charge in [0.2, 0.25) is 5.91 Å². The molecule has 0 unspecified atom stereocenters. The second kappa shape index (κ2) is 7.75. The van der Waals surface area contributed by atoms with Crippen molar-refractivity contribution in [3.8, 4) is 0 Å². The molecule has 0 saturated carbocycles. The van der Waals surface area contributed by atoms with E-state index in [2.05, 4.69) is 0 Å². The van der Waals surface area contributed by atoms with Crippen molar-refractivity contribution in [2.24, 2.45) is 5.92 Å². The van der Waals surface area contributed by atoms with Crippen LogP contribution in [0.25, 0.3) is 0 Å². The summed E-state index contributed by atoms with van der Waals surface area (Å²) in [6.07, 6.45) is -4.60. The van der Waals surface area contributed by atoms with Crippen molar-refractivity contribution in [1.82, 2.24) is 0 Å². The molecular weight excluding hydrogens is 365 g/mol. The van der Waals surface area contributed by atoms with Gasteiger partial charge in [-0.25, -0.2) is 0 Å². The third-order valence-corrected chi connectivity index (χ3v) is 4.69. The first kappa shape index (κ1) is 19.5. The van der Waals surface area contributed by atoms with Crippen molar-refractivity contribution in [2.75, 3.05) is 49.3 Å². The third-order valence-electron chi connectivity index (χ3n) is 4.69.